The van der Waals surface area contributed by atoms with Crippen molar-refractivity contribution in [3.63, 3.8) is 0 Å². The molecule has 0 radical (unpaired) electrons. The molecule has 0 unspecified atom stereocenters. The summed E-state index contributed by atoms with van der Waals surface area (Å²) in [5.74, 6) is -0.233. The molecule has 2 aromatic heterocycles. The maximum absolute atomic E-state index is 12.9. The van der Waals surface area contributed by atoms with Crippen LogP contribution < -0.4 is 15.8 Å². The molecule has 3 aromatic rings. The number of halogens is 3. The lowest BCUT2D eigenvalue weighted by molar-refractivity contribution is -0.142. The van der Waals surface area contributed by atoms with Crippen LogP contribution in [0.15, 0.2) is 41.3 Å². The molecule has 0 bridgehead atoms. The van der Waals surface area contributed by atoms with Gasteiger partial charge in [-0.15, -0.1) is 0 Å². The SMILES string of the molecule is CNC(=O)c1ccc(N2CCN(Cc3ccc4nc(C(F)(F)F)c(=O)[nH]c4c3)CC2)cn1. The number of rotatable bonds is 4. The molecule has 0 aliphatic carbocycles. The molecule has 2 N–H and O–H groups in total. The van der Waals surface area contributed by atoms with Gasteiger partial charge >= 0.3 is 6.18 Å². The predicted octanol–water partition coefficient (Wildman–Crippen LogP) is 2.02. The van der Waals surface area contributed by atoms with Crippen molar-refractivity contribution >= 4 is 22.6 Å². The van der Waals surface area contributed by atoms with E-state index < -0.39 is 17.4 Å². The van der Waals surface area contributed by atoms with Crippen LogP contribution in [0.25, 0.3) is 11.0 Å². The van der Waals surface area contributed by atoms with Crippen LogP contribution in [-0.2, 0) is 12.7 Å². The van der Waals surface area contributed by atoms with Gasteiger partial charge < -0.3 is 15.2 Å². The van der Waals surface area contributed by atoms with E-state index in [4.69, 9.17) is 0 Å². The van der Waals surface area contributed by atoms with Crippen molar-refractivity contribution in [2.45, 2.75) is 12.7 Å². The second-order valence-corrected chi connectivity index (χ2v) is 7.51. The number of aromatic nitrogens is 3. The topological polar surface area (TPSA) is 94.2 Å². The van der Waals surface area contributed by atoms with E-state index in [2.05, 4.69) is 30.1 Å². The Labute approximate surface area is 181 Å². The van der Waals surface area contributed by atoms with Crippen LogP contribution in [-0.4, -0.2) is 59.0 Å². The molecule has 11 heteroatoms. The lowest BCUT2D eigenvalue weighted by atomic mass is 10.1. The second kappa shape index (κ2) is 8.58. The number of anilines is 1. The fourth-order valence-electron chi connectivity index (χ4n) is 3.68. The van der Waals surface area contributed by atoms with E-state index in [-0.39, 0.29) is 16.9 Å². The number of pyridine rings is 1. The van der Waals surface area contributed by atoms with Gasteiger partial charge in [-0.05, 0) is 29.8 Å². The number of carbonyl (C=O) groups is 1. The highest BCUT2D eigenvalue weighted by molar-refractivity contribution is 5.92. The van der Waals surface area contributed by atoms with Crippen LogP contribution in [0.3, 0.4) is 0 Å². The van der Waals surface area contributed by atoms with Gasteiger partial charge in [0.2, 0.25) is 5.69 Å². The number of hydrogen-bond acceptors (Lipinski definition) is 6. The predicted molar refractivity (Wildman–Crippen MR) is 112 cm³/mol. The molecule has 1 aliphatic rings. The lowest BCUT2D eigenvalue weighted by Crippen LogP contribution is -2.46. The molecule has 0 spiro atoms. The first-order valence-corrected chi connectivity index (χ1v) is 10.00. The third-order valence-electron chi connectivity index (χ3n) is 5.38. The number of carbonyl (C=O) groups excluding carboxylic acids is 1. The van der Waals surface area contributed by atoms with E-state index in [0.717, 1.165) is 37.4 Å². The molecule has 3 heterocycles. The Morgan fingerprint density at radius 1 is 1.16 bits per heavy atom. The Bertz CT molecular complexity index is 1180. The minimum atomic E-state index is -4.79. The van der Waals surface area contributed by atoms with Gasteiger partial charge in [0, 0.05) is 39.8 Å². The molecular formula is C21H21F3N6O2. The van der Waals surface area contributed by atoms with Crippen molar-refractivity contribution in [2.24, 2.45) is 0 Å². The minimum Gasteiger partial charge on any atom is -0.368 e. The van der Waals surface area contributed by atoms with Crippen molar-refractivity contribution in [3.8, 4) is 0 Å². The number of benzene rings is 1. The Morgan fingerprint density at radius 3 is 2.53 bits per heavy atom. The third kappa shape index (κ3) is 4.57. The maximum Gasteiger partial charge on any atom is 0.438 e. The molecule has 1 fully saturated rings. The van der Waals surface area contributed by atoms with Crippen LogP contribution in [0.5, 0.6) is 0 Å². The Hall–Kier alpha value is -3.47. The fraction of sp³-hybridized carbons (Fsp3) is 0.333. The number of hydrogen-bond donors (Lipinski definition) is 2. The molecule has 1 aromatic carbocycles. The molecule has 1 saturated heterocycles. The third-order valence-corrected chi connectivity index (χ3v) is 5.38. The standard InChI is InChI=1S/C21H21F3N6O2/c1-25-19(31)16-5-3-14(11-26-16)30-8-6-29(7-9-30)12-13-2-4-15-17(10-13)28-20(32)18(27-15)21(22,23)24/h2-5,10-11H,6-9,12H2,1H3,(H,25,31)(H,28,32). The molecule has 4 rings (SSSR count). The van der Waals surface area contributed by atoms with Crippen molar-refractivity contribution in [3.05, 3.63) is 63.8 Å². The summed E-state index contributed by atoms with van der Waals surface area (Å²) in [6, 6.07) is 8.44. The van der Waals surface area contributed by atoms with Gasteiger partial charge in [-0.25, -0.2) is 9.97 Å². The number of H-pyrrole nitrogens is 1. The number of aromatic amines is 1. The highest BCUT2D eigenvalue weighted by Crippen LogP contribution is 2.26. The normalized spacial score (nSPS) is 15.2. The first-order valence-electron chi connectivity index (χ1n) is 10.00. The van der Waals surface area contributed by atoms with Gasteiger partial charge in [-0.2, -0.15) is 13.2 Å². The molecule has 1 amide bonds. The Morgan fingerprint density at radius 2 is 1.91 bits per heavy atom. The summed E-state index contributed by atoms with van der Waals surface area (Å²) in [4.78, 5) is 37.7. The number of alkyl halides is 3. The van der Waals surface area contributed by atoms with Crippen LogP contribution in [0.2, 0.25) is 0 Å². The molecule has 32 heavy (non-hydrogen) atoms. The Kier molecular flexibility index (Phi) is 5.83. The summed E-state index contributed by atoms with van der Waals surface area (Å²) >= 11 is 0. The number of nitrogens with zero attached hydrogens (tertiary/aromatic N) is 4. The van der Waals surface area contributed by atoms with Crippen molar-refractivity contribution in [1.82, 2.24) is 25.2 Å². The maximum atomic E-state index is 12.9. The van der Waals surface area contributed by atoms with Gasteiger partial charge in [0.1, 0.15) is 5.69 Å². The summed E-state index contributed by atoms with van der Waals surface area (Å²) in [6.07, 6.45) is -3.11. The average molecular weight is 446 g/mol. The van der Waals surface area contributed by atoms with Gasteiger partial charge in [0.05, 0.1) is 22.9 Å². The molecule has 168 valence electrons. The summed E-state index contributed by atoms with van der Waals surface area (Å²) in [5, 5.41) is 2.54. The minimum absolute atomic E-state index is 0.0956. The van der Waals surface area contributed by atoms with E-state index >= 15 is 0 Å². The average Bonchev–Trinajstić information content (AvgIpc) is 2.78. The second-order valence-electron chi connectivity index (χ2n) is 7.51. The molecular weight excluding hydrogens is 425 g/mol. The van der Waals surface area contributed by atoms with Crippen LogP contribution >= 0.6 is 0 Å². The first kappa shape index (κ1) is 21.8. The van der Waals surface area contributed by atoms with E-state index in [0.29, 0.717) is 12.2 Å². The summed E-state index contributed by atoms with van der Waals surface area (Å²) in [6.45, 7) is 3.68. The van der Waals surface area contributed by atoms with Gasteiger partial charge in [-0.1, -0.05) is 6.07 Å². The zero-order valence-electron chi connectivity index (χ0n) is 17.2. The smallest absolute Gasteiger partial charge is 0.368 e. The molecule has 8 nitrogen and oxygen atoms in total. The Balaban J connectivity index is 1.40. The summed E-state index contributed by atoms with van der Waals surface area (Å²) < 4.78 is 38.6. The summed E-state index contributed by atoms with van der Waals surface area (Å²) in [5.41, 5.74) is -0.133. The summed E-state index contributed by atoms with van der Waals surface area (Å²) in [7, 11) is 1.56. The fourth-order valence-corrected chi connectivity index (χ4v) is 3.68. The monoisotopic (exact) mass is 446 g/mol. The quantitative estimate of drug-likeness (QED) is 0.637. The number of piperazine rings is 1. The van der Waals surface area contributed by atoms with E-state index in [9.17, 15) is 22.8 Å². The van der Waals surface area contributed by atoms with E-state index in [1.807, 2.05) is 6.07 Å². The zero-order chi connectivity index (χ0) is 22.9. The van der Waals surface area contributed by atoms with Crippen LogP contribution in [0, 0.1) is 0 Å². The highest BCUT2D eigenvalue weighted by Gasteiger charge is 2.36. The van der Waals surface area contributed by atoms with E-state index in [1.165, 1.54) is 6.07 Å². The van der Waals surface area contributed by atoms with E-state index in [1.54, 1.807) is 31.4 Å². The lowest BCUT2D eigenvalue weighted by Gasteiger charge is -2.36. The van der Waals surface area contributed by atoms with Gasteiger partial charge in [0.15, 0.2) is 0 Å². The van der Waals surface area contributed by atoms with Gasteiger partial charge in [-0.3, -0.25) is 14.5 Å². The zero-order valence-corrected chi connectivity index (χ0v) is 17.2. The van der Waals surface area contributed by atoms with Crippen molar-refractivity contribution in [1.29, 1.82) is 0 Å². The van der Waals surface area contributed by atoms with Crippen molar-refractivity contribution < 1.29 is 18.0 Å². The van der Waals surface area contributed by atoms with Crippen molar-refractivity contribution in [2.75, 3.05) is 38.1 Å². The number of amides is 1. The largest absolute Gasteiger partial charge is 0.438 e. The van der Waals surface area contributed by atoms with Crippen LogP contribution in [0.1, 0.15) is 21.7 Å². The number of fused-ring (bicyclic) bond motifs is 1. The molecule has 0 atom stereocenters. The molecule has 0 saturated carbocycles. The van der Waals surface area contributed by atoms with Gasteiger partial charge in [0.25, 0.3) is 11.5 Å². The van der Waals surface area contributed by atoms with Crippen LogP contribution in [0.4, 0.5) is 18.9 Å². The first-order chi connectivity index (χ1) is 15.2. The highest BCUT2D eigenvalue weighted by atomic mass is 19.4. The molecule has 1 aliphatic heterocycles. The number of nitrogens with one attached hydrogen (secondary N) is 2.